The first-order chi connectivity index (χ1) is 47.6. The van der Waals surface area contributed by atoms with Crippen molar-refractivity contribution in [1.82, 2.24) is 4.98 Å². The Hall–Kier alpha value is -12.8. The summed E-state index contributed by atoms with van der Waals surface area (Å²) in [6.45, 7) is 0.754. The number of rotatable bonds is 13. The molecule has 14 aromatic carbocycles. The lowest BCUT2D eigenvalue weighted by Crippen LogP contribution is -2.09. The maximum atomic E-state index is 6.39. The van der Waals surface area contributed by atoms with Crippen molar-refractivity contribution >= 4 is 101 Å². The normalized spacial score (nSPS) is 12.0. The summed E-state index contributed by atoms with van der Waals surface area (Å²) in [6, 6.07) is 119. The van der Waals surface area contributed by atoms with E-state index in [9.17, 15) is 0 Å². The van der Waals surface area contributed by atoms with Gasteiger partial charge in [-0.05, 0) is 203 Å². The van der Waals surface area contributed by atoms with Crippen LogP contribution in [0.15, 0.2) is 349 Å². The van der Waals surface area contributed by atoms with Gasteiger partial charge in [0, 0.05) is 74.2 Å². The zero-order valence-electron chi connectivity index (χ0n) is 52.3. The van der Waals surface area contributed by atoms with Gasteiger partial charge in [0.15, 0.2) is 0 Å². The molecular formula is C90H60N4O2. The Labute approximate surface area is 556 Å². The van der Waals surface area contributed by atoms with Crippen LogP contribution in [0, 0.1) is 0 Å². The van der Waals surface area contributed by atoms with Crippen LogP contribution in [0.5, 0.6) is 0 Å². The number of anilines is 7. The standard InChI is InChI=1S/C90H60N4O2/c1-2-14-59(15-3-1)60-30-42-71(43-31-60)93(74-48-36-64(37-49-74)80-24-11-29-86-87(80)84-28-13-55-92-90(84)95-86)76-52-40-66(41-53-76)85-58-70(57-69-17-5-7-22-79(69)85)68-20-8-19-67(56-68)61-32-44-72(45-33-61)94(73-46-34-63(35-47-73)78-23-9-18-62-16-4-6-21-77(62)78)75-50-38-65(39-51-75)81-25-10-26-82-83-27-12-54-91-89(83)96-88(81)82/h1-54,56-58,92H,55H2. The van der Waals surface area contributed by atoms with Gasteiger partial charge in [-0.25, -0.2) is 4.98 Å². The summed E-state index contributed by atoms with van der Waals surface area (Å²) >= 11 is 0. The zero-order chi connectivity index (χ0) is 63.5. The molecule has 6 nitrogen and oxygen atoms in total. The largest absolute Gasteiger partial charge is 0.440 e. The van der Waals surface area contributed by atoms with Crippen molar-refractivity contribution in [2.45, 2.75) is 0 Å². The van der Waals surface area contributed by atoms with Crippen molar-refractivity contribution in [3.05, 3.63) is 345 Å². The van der Waals surface area contributed by atoms with Crippen molar-refractivity contribution in [1.29, 1.82) is 0 Å². The van der Waals surface area contributed by atoms with Crippen LogP contribution in [-0.4, -0.2) is 11.5 Å². The Morgan fingerprint density at radius 3 is 1.41 bits per heavy atom. The molecule has 18 rings (SSSR count). The van der Waals surface area contributed by atoms with E-state index in [1.54, 1.807) is 6.20 Å². The number of aromatic nitrogens is 1. The molecule has 3 aromatic heterocycles. The van der Waals surface area contributed by atoms with Crippen LogP contribution in [0.1, 0.15) is 5.56 Å². The number of fused-ring (bicyclic) bond motifs is 8. The highest BCUT2D eigenvalue weighted by Gasteiger charge is 2.22. The molecule has 0 atom stereocenters. The smallest absolute Gasteiger partial charge is 0.227 e. The number of nitrogens with one attached hydrogen (secondary N) is 1. The fourth-order valence-electron chi connectivity index (χ4n) is 14.3. The maximum absolute atomic E-state index is 6.39. The third-order valence-electron chi connectivity index (χ3n) is 19.0. The molecule has 96 heavy (non-hydrogen) atoms. The SMILES string of the molecule is C1=Cc2c(oc3cccc(-c4ccc(N(c5ccc(-c6ccccc6)cc5)c5ccc(-c6cc(-c7cccc(-c8ccc(N(c9ccc(-c%10cccc%11ccccc%10%11)cc9)c9ccc(-c%10cccc%11c%10oc%10ncccc%10%11)cc9)cc8)c7)cc7ccccc67)cc5)cc4)c23)NC1. The molecule has 0 fully saturated rings. The van der Waals surface area contributed by atoms with Gasteiger partial charge in [0.25, 0.3) is 0 Å². The van der Waals surface area contributed by atoms with E-state index in [0.717, 1.165) is 130 Å². The van der Waals surface area contributed by atoms with Gasteiger partial charge in [0.05, 0.1) is 0 Å². The van der Waals surface area contributed by atoms with Crippen molar-refractivity contribution in [2.24, 2.45) is 0 Å². The van der Waals surface area contributed by atoms with E-state index in [1.165, 1.54) is 49.4 Å². The summed E-state index contributed by atoms with van der Waals surface area (Å²) in [5.74, 6) is 0.824. The second-order valence-electron chi connectivity index (χ2n) is 24.6. The number of para-hydroxylation sites is 1. The molecule has 1 aliphatic rings. The first kappa shape index (κ1) is 56.0. The number of nitrogens with zero attached hydrogens (tertiary/aromatic N) is 3. The van der Waals surface area contributed by atoms with E-state index in [4.69, 9.17) is 8.83 Å². The minimum Gasteiger partial charge on any atom is -0.440 e. The second kappa shape index (κ2) is 23.7. The van der Waals surface area contributed by atoms with Gasteiger partial charge in [-0.2, -0.15) is 0 Å². The van der Waals surface area contributed by atoms with Gasteiger partial charge in [0.2, 0.25) is 11.6 Å². The van der Waals surface area contributed by atoms with E-state index >= 15 is 0 Å². The molecule has 0 aliphatic carbocycles. The maximum Gasteiger partial charge on any atom is 0.227 e. The van der Waals surface area contributed by atoms with Crippen LogP contribution >= 0.6 is 0 Å². The molecule has 0 amide bonds. The molecule has 0 spiro atoms. The lowest BCUT2D eigenvalue weighted by Gasteiger charge is -2.26. The van der Waals surface area contributed by atoms with E-state index in [-0.39, 0.29) is 0 Å². The highest BCUT2D eigenvalue weighted by Crippen LogP contribution is 2.45. The summed E-state index contributed by atoms with van der Waals surface area (Å²) in [5.41, 5.74) is 25.8. The molecule has 452 valence electrons. The summed E-state index contributed by atoms with van der Waals surface area (Å²) in [4.78, 5) is 9.23. The average molecular weight is 1230 g/mol. The fraction of sp³-hybridized carbons (Fsp3) is 0.0111. The number of furan rings is 2. The predicted octanol–water partition coefficient (Wildman–Crippen LogP) is 25.1. The van der Waals surface area contributed by atoms with Crippen molar-refractivity contribution in [3.63, 3.8) is 0 Å². The monoisotopic (exact) mass is 1230 g/mol. The van der Waals surface area contributed by atoms with Gasteiger partial charge < -0.3 is 24.0 Å². The minimum atomic E-state index is 0.644. The number of hydrogen-bond acceptors (Lipinski definition) is 6. The minimum absolute atomic E-state index is 0.644. The van der Waals surface area contributed by atoms with E-state index in [2.05, 4.69) is 354 Å². The molecule has 0 bridgehead atoms. The lowest BCUT2D eigenvalue weighted by molar-refractivity contribution is 0.628. The number of hydrogen-bond donors (Lipinski definition) is 1. The van der Waals surface area contributed by atoms with E-state index in [0.29, 0.717) is 5.71 Å². The topological polar surface area (TPSA) is 57.7 Å². The van der Waals surface area contributed by atoms with Crippen LogP contribution in [0.25, 0.3) is 139 Å². The quantitative estimate of drug-likeness (QED) is 0.124. The van der Waals surface area contributed by atoms with Crippen LogP contribution in [0.3, 0.4) is 0 Å². The Kier molecular flexibility index (Phi) is 13.8. The molecule has 0 radical (unpaired) electrons. The molecule has 17 aromatic rings. The van der Waals surface area contributed by atoms with Gasteiger partial charge >= 0.3 is 0 Å². The highest BCUT2D eigenvalue weighted by atomic mass is 16.4. The molecule has 6 heteroatoms. The van der Waals surface area contributed by atoms with Gasteiger partial charge in [0.1, 0.15) is 11.2 Å². The first-order valence-corrected chi connectivity index (χ1v) is 32.7. The van der Waals surface area contributed by atoms with Crippen molar-refractivity contribution in [2.75, 3.05) is 21.7 Å². The number of benzene rings is 14. The molecule has 0 unspecified atom stereocenters. The zero-order valence-corrected chi connectivity index (χ0v) is 52.3. The third kappa shape index (κ3) is 10.1. The van der Waals surface area contributed by atoms with Crippen molar-refractivity contribution < 1.29 is 8.83 Å². The number of pyridine rings is 1. The predicted molar refractivity (Wildman–Crippen MR) is 401 cm³/mol. The van der Waals surface area contributed by atoms with Crippen LogP contribution in [0.2, 0.25) is 0 Å². The van der Waals surface area contributed by atoms with E-state index in [1.807, 2.05) is 6.07 Å². The van der Waals surface area contributed by atoms with Crippen LogP contribution in [-0.2, 0) is 0 Å². The molecular weight excluding hydrogens is 1170 g/mol. The van der Waals surface area contributed by atoms with Crippen LogP contribution in [0.4, 0.5) is 40.0 Å². The highest BCUT2D eigenvalue weighted by molar-refractivity contribution is 6.09. The molecule has 1 aliphatic heterocycles. The van der Waals surface area contributed by atoms with Gasteiger partial charge in [-0.3, -0.25) is 0 Å². The Morgan fingerprint density at radius 1 is 0.302 bits per heavy atom. The van der Waals surface area contributed by atoms with E-state index < -0.39 is 0 Å². The molecule has 0 saturated carbocycles. The summed E-state index contributed by atoms with van der Waals surface area (Å²) in [5, 5.41) is 11.4. The molecule has 1 N–H and O–H groups in total. The Morgan fingerprint density at radius 2 is 0.750 bits per heavy atom. The fourth-order valence-corrected chi connectivity index (χ4v) is 14.3. The van der Waals surface area contributed by atoms with Gasteiger partial charge in [-0.1, -0.05) is 231 Å². The average Bonchev–Trinajstić information content (AvgIpc) is 1.65. The molecule has 0 saturated heterocycles. The second-order valence-corrected chi connectivity index (χ2v) is 24.6. The Bertz CT molecular complexity index is 5790. The van der Waals surface area contributed by atoms with Gasteiger partial charge in [-0.15, -0.1) is 0 Å². The lowest BCUT2D eigenvalue weighted by atomic mass is 9.91. The van der Waals surface area contributed by atoms with Crippen molar-refractivity contribution in [3.8, 4) is 77.9 Å². The molecule has 4 heterocycles. The summed E-state index contributed by atoms with van der Waals surface area (Å²) in [7, 11) is 0. The third-order valence-corrected chi connectivity index (χ3v) is 19.0. The summed E-state index contributed by atoms with van der Waals surface area (Å²) in [6.07, 6.45) is 6.10. The first-order valence-electron chi connectivity index (χ1n) is 32.7. The van der Waals surface area contributed by atoms with Crippen LogP contribution < -0.4 is 15.1 Å². The summed E-state index contributed by atoms with van der Waals surface area (Å²) < 4.78 is 12.7. The Balaban J connectivity index is 0.668.